The van der Waals surface area contributed by atoms with Gasteiger partial charge in [0.25, 0.3) is 0 Å². The van der Waals surface area contributed by atoms with Crippen LogP contribution in [0.15, 0.2) is 42.7 Å². The van der Waals surface area contributed by atoms with Crippen LogP contribution < -0.4 is 14.8 Å². The van der Waals surface area contributed by atoms with Gasteiger partial charge in [0, 0.05) is 44.0 Å². The van der Waals surface area contributed by atoms with Gasteiger partial charge in [0.1, 0.15) is 23.4 Å². The van der Waals surface area contributed by atoms with Crippen molar-refractivity contribution < 1.29 is 28.6 Å². The second-order valence-corrected chi connectivity index (χ2v) is 12.1. The lowest BCUT2D eigenvalue weighted by Gasteiger charge is -2.30. The monoisotopic (exact) mass is 616 g/mol. The maximum Gasteiger partial charge on any atom is 0.332 e. The zero-order chi connectivity index (χ0) is 31.6. The van der Waals surface area contributed by atoms with Crippen molar-refractivity contribution in [3.05, 3.63) is 42.7 Å². The molecule has 0 unspecified atom stereocenters. The Bertz CT molecular complexity index is 1570. The van der Waals surface area contributed by atoms with Gasteiger partial charge in [-0.3, -0.25) is 9.78 Å². The predicted molar refractivity (Wildman–Crippen MR) is 166 cm³/mol. The molecule has 2 aliphatic heterocycles. The van der Waals surface area contributed by atoms with Gasteiger partial charge >= 0.3 is 12.0 Å². The van der Waals surface area contributed by atoms with E-state index in [4.69, 9.17) is 24.2 Å². The third-order valence-corrected chi connectivity index (χ3v) is 9.11. The van der Waals surface area contributed by atoms with E-state index in [0.717, 1.165) is 37.7 Å². The summed E-state index contributed by atoms with van der Waals surface area (Å²) in [4.78, 5) is 57.7. The molecule has 12 nitrogen and oxygen atoms in total. The number of esters is 1. The number of hydrogen-bond acceptors (Lipinski definition) is 9. The average Bonchev–Trinajstić information content (AvgIpc) is 3.59. The number of hydrogen-bond donors (Lipinski definition) is 1. The van der Waals surface area contributed by atoms with Crippen LogP contribution in [0.1, 0.15) is 51.9 Å². The molecule has 12 heteroatoms. The second-order valence-electron chi connectivity index (χ2n) is 12.1. The van der Waals surface area contributed by atoms with Gasteiger partial charge in [0.2, 0.25) is 11.8 Å². The zero-order valence-corrected chi connectivity index (χ0v) is 26.0. The molecule has 3 fully saturated rings. The molecule has 0 spiro atoms. The van der Waals surface area contributed by atoms with E-state index in [1.54, 1.807) is 43.3 Å². The van der Waals surface area contributed by atoms with Crippen molar-refractivity contribution in [3.63, 3.8) is 0 Å². The van der Waals surface area contributed by atoms with Crippen LogP contribution in [0.4, 0.5) is 4.79 Å². The van der Waals surface area contributed by atoms with Gasteiger partial charge in [0.15, 0.2) is 5.82 Å². The molecule has 2 saturated heterocycles. The van der Waals surface area contributed by atoms with Crippen LogP contribution in [0.3, 0.4) is 0 Å². The first-order chi connectivity index (χ1) is 21.8. The molecule has 3 aliphatic rings. The summed E-state index contributed by atoms with van der Waals surface area (Å²) < 4.78 is 17.4. The molecule has 1 N–H and O–H groups in total. The van der Waals surface area contributed by atoms with Crippen molar-refractivity contribution in [2.75, 3.05) is 33.9 Å². The van der Waals surface area contributed by atoms with Crippen molar-refractivity contribution >= 4 is 28.8 Å². The Kier molecular flexibility index (Phi) is 8.73. The number of methoxy groups -OCH3 is 1. The molecule has 0 bridgehead atoms. The summed E-state index contributed by atoms with van der Waals surface area (Å²) in [5.41, 5.74) is 0.355. The third kappa shape index (κ3) is 6.23. The number of rotatable bonds is 6. The van der Waals surface area contributed by atoms with Crippen molar-refractivity contribution in [2.24, 2.45) is 5.92 Å². The summed E-state index contributed by atoms with van der Waals surface area (Å²) in [5, 5.41) is 3.72. The summed E-state index contributed by atoms with van der Waals surface area (Å²) in [5.74, 6) is 0.697. The lowest BCUT2D eigenvalue weighted by atomic mass is 10.0. The SMILES string of the molecule is CCOC(=O)[C@@]12C[C@H]1CCCCCCN(C)C(=O)N1C[C@H](Oc3nc(-c4ccncc4)nc4cc(OC)ccc34)C[C@H]1C(=O)N2. The molecule has 238 valence electrons. The average molecular weight is 617 g/mol. The fourth-order valence-corrected chi connectivity index (χ4v) is 6.53. The molecule has 0 radical (unpaired) electrons. The van der Waals surface area contributed by atoms with E-state index in [2.05, 4.69) is 10.3 Å². The van der Waals surface area contributed by atoms with Gasteiger partial charge in [-0.25, -0.2) is 14.6 Å². The Morgan fingerprint density at radius 3 is 2.67 bits per heavy atom. The lowest BCUT2D eigenvalue weighted by molar-refractivity contribution is -0.149. The van der Waals surface area contributed by atoms with Crippen LogP contribution in [0.25, 0.3) is 22.3 Å². The van der Waals surface area contributed by atoms with E-state index in [1.165, 1.54) is 0 Å². The summed E-state index contributed by atoms with van der Waals surface area (Å²) >= 11 is 0. The number of ether oxygens (including phenoxy) is 3. The first-order valence-corrected chi connectivity index (χ1v) is 15.8. The molecular formula is C33H40N6O6. The van der Waals surface area contributed by atoms with E-state index in [0.29, 0.717) is 41.3 Å². The molecule has 6 rings (SSSR count). The predicted octanol–water partition coefficient (Wildman–Crippen LogP) is 3.98. The number of fused-ring (bicyclic) bond motifs is 3. The molecule has 3 amide bonds. The topological polar surface area (TPSA) is 136 Å². The fourth-order valence-electron chi connectivity index (χ4n) is 6.53. The molecule has 1 aromatic carbocycles. The standard InChI is InChI=1S/C33H40N6O6/c1-4-44-31(41)33-19-22(33)9-7-5-6-8-16-38(2)32(42)39-20-24(18-27(39)29(40)37-33)45-30-25-11-10-23(43-3)17-26(25)35-28(36-30)21-12-14-34-15-13-21/h10-15,17,22,24,27H,4-9,16,18-20H2,1-3H3,(H,37,40)/t22-,24-,27+,33-/m1/s1. The minimum absolute atomic E-state index is 0.0275. The molecule has 4 heterocycles. The molecule has 45 heavy (non-hydrogen) atoms. The van der Waals surface area contributed by atoms with Crippen LogP contribution in [-0.4, -0.2) is 94.2 Å². The Morgan fingerprint density at radius 1 is 1.09 bits per heavy atom. The molecule has 3 aromatic rings. The van der Waals surface area contributed by atoms with Crippen molar-refractivity contribution in [3.8, 4) is 23.0 Å². The first-order valence-electron chi connectivity index (χ1n) is 15.8. The van der Waals surface area contributed by atoms with Crippen molar-refractivity contribution in [1.29, 1.82) is 0 Å². The first kappa shape index (κ1) is 30.5. The van der Waals surface area contributed by atoms with Crippen LogP contribution in [0.5, 0.6) is 11.6 Å². The normalized spacial score (nSPS) is 25.5. The van der Waals surface area contributed by atoms with Crippen LogP contribution in [0, 0.1) is 5.92 Å². The summed E-state index contributed by atoms with van der Waals surface area (Å²) in [6.45, 7) is 2.78. The number of benzene rings is 1. The lowest BCUT2D eigenvalue weighted by Crippen LogP contribution is -2.55. The maximum atomic E-state index is 14.0. The summed E-state index contributed by atoms with van der Waals surface area (Å²) in [6, 6.07) is 8.04. The number of carbonyl (C=O) groups excluding carboxylic acids is 3. The number of aromatic nitrogens is 3. The van der Waals surface area contributed by atoms with E-state index >= 15 is 0 Å². The van der Waals surface area contributed by atoms with Gasteiger partial charge in [0.05, 0.1) is 31.2 Å². The van der Waals surface area contributed by atoms with E-state index in [-0.39, 0.29) is 37.4 Å². The number of urea groups is 1. The Hall–Kier alpha value is -4.48. The number of nitrogens with one attached hydrogen (secondary N) is 1. The van der Waals surface area contributed by atoms with E-state index in [9.17, 15) is 14.4 Å². The number of amides is 3. The molecular weight excluding hydrogens is 576 g/mol. The highest BCUT2D eigenvalue weighted by atomic mass is 16.5. The minimum Gasteiger partial charge on any atom is -0.497 e. The Labute approximate surface area is 262 Å². The van der Waals surface area contributed by atoms with E-state index in [1.807, 2.05) is 30.3 Å². The van der Waals surface area contributed by atoms with Gasteiger partial charge in [-0.15, -0.1) is 0 Å². The summed E-state index contributed by atoms with van der Waals surface area (Å²) in [6.07, 6.45) is 8.27. The minimum atomic E-state index is -1.04. The number of nitrogens with zero attached hydrogens (tertiary/aromatic N) is 5. The zero-order valence-electron chi connectivity index (χ0n) is 26.0. The Balaban J connectivity index is 1.31. The van der Waals surface area contributed by atoms with E-state index < -0.39 is 23.7 Å². The van der Waals surface area contributed by atoms with Crippen LogP contribution in [-0.2, 0) is 14.3 Å². The highest BCUT2D eigenvalue weighted by molar-refractivity contribution is 5.95. The fraction of sp³-hybridized carbons (Fsp3) is 0.515. The Morgan fingerprint density at radius 2 is 1.89 bits per heavy atom. The maximum absolute atomic E-state index is 14.0. The second kappa shape index (κ2) is 12.9. The number of pyridine rings is 1. The quantitative estimate of drug-likeness (QED) is 0.408. The van der Waals surface area contributed by atoms with Crippen molar-refractivity contribution in [2.45, 2.75) is 69.6 Å². The van der Waals surface area contributed by atoms with Crippen LogP contribution in [0.2, 0.25) is 0 Å². The number of carbonyl (C=O) groups is 3. The highest BCUT2D eigenvalue weighted by Gasteiger charge is 2.62. The molecule has 1 saturated carbocycles. The third-order valence-electron chi connectivity index (χ3n) is 9.11. The molecule has 1 aliphatic carbocycles. The summed E-state index contributed by atoms with van der Waals surface area (Å²) in [7, 11) is 3.36. The van der Waals surface area contributed by atoms with Gasteiger partial charge in [-0.1, -0.05) is 19.3 Å². The molecule has 4 atom stereocenters. The van der Waals surface area contributed by atoms with Gasteiger partial charge in [-0.2, -0.15) is 4.98 Å². The largest absolute Gasteiger partial charge is 0.497 e. The van der Waals surface area contributed by atoms with Crippen LogP contribution >= 0.6 is 0 Å². The smallest absolute Gasteiger partial charge is 0.332 e. The van der Waals surface area contributed by atoms with Gasteiger partial charge < -0.3 is 29.3 Å². The molecule has 2 aromatic heterocycles. The van der Waals surface area contributed by atoms with Crippen molar-refractivity contribution in [1.82, 2.24) is 30.1 Å². The highest BCUT2D eigenvalue weighted by Crippen LogP contribution is 2.48. The van der Waals surface area contributed by atoms with Gasteiger partial charge in [-0.05, 0) is 56.4 Å².